The van der Waals surface area contributed by atoms with Gasteiger partial charge in [-0.25, -0.2) is 4.79 Å². The zero-order valence-electron chi connectivity index (χ0n) is 10.7. The molecule has 0 spiro atoms. The van der Waals surface area contributed by atoms with Crippen LogP contribution in [-0.2, 0) is 4.79 Å². The molecule has 1 amide bonds. The van der Waals surface area contributed by atoms with Crippen LogP contribution in [0.15, 0.2) is 18.5 Å². The first kappa shape index (κ1) is 13.3. The maximum Gasteiger partial charge on any atom is 0.329 e. The Labute approximate surface area is 110 Å². The smallest absolute Gasteiger partial charge is 0.329 e. The first-order valence-corrected chi connectivity index (χ1v) is 6.20. The highest BCUT2D eigenvalue weighted by molar-refractivity contribution is 5.98. The van der Waals surface area contributed by atoms with Crippen LogP contribution < -0.4 is 0 Å². The Morgan fingerprint density at radius 3 is 2.79 bits per heavy atom. The lowest BCUT2D eigenvalue weighted by Gasteiger charge is -2.33. The minimum atomic E-state index is -1.14. The first-order chi connectivity index (χ1) is 9.01. The van der Waals surface area contributed by atoms with Crippen LogP contribution in [0.25, 0.3) is 0 Å². The summed E-state index contributed by atoms with van der Waals surface area (Å²) in [6.07, 6.45) is 4.04. The second kappa shape index (κ2) is 4.87. The van der Waals surface area contributed by atoms with Gasteiger partial charge in [-0.15, -0.1) is 0 Å². The zero-order valence-corrected chi connectivity index (χ0v) is 10.7. The molecule has 1 aromatic heterocycles. The van der Waals surface area contributed by atoms with Gasteiger partial charge in [0.25, 0.3) is 5.91 Å². The Morgan fingerprint density at radius 2 is 2.21 bits per heavy atom. The van der Waals surface area contributed by atoms with Crippen molar-refractivity contribution in [1.82, 2.24) is 9.88 Å². The van der Waals surface area contributed by atoms with Crippen LogP contribution in [0.4, 0.5) is 0 Å². The van der Waals surface area contributed by atoms with E-state index in [0.717, 1.165) is 0 Å². The van der Waals surface area contributed by atoms with E-state index in [-0.39, 0.29) is 11.3 Å². The number of carboxylic acids is 1. The molecule has 1 saturated heterocycles. The third-order valence-electron chi connectivity index (χ3n) is 3.69. The molecule has 6 heteroatoms. The van der Waals surface area contributed by atoms with Crippen molar-refractivity contribution >= 4 is 11.9 Å². The second-order valence-corrected chi connectivity index (χ2v) is 4.68. The molecule has 0 saturated carbocycles. The largest absolute Gasteiger partial charge is 0.506 e. The Kier molecular flexibility index (Phi) is 3.42. The van der Waals surface area contributed by atoms with Crippen molar-refractivity contribution in [3.05, 3.63) is 24.0 Å². The average Bonchev–Trinajstić information content (AvgIpc) is 2.82. The van der Waals surface area contributed by atoms with E-state index in [1.165, 1.54) is 23.4 Å². The molecule has 1 aliphatic rings. The number of nitrogens with zero attached hydrogens (tertiary/aromatic N) is 2. The van der Waals surface area contributed by atoms with E-state index in [0.29, 0.717) is 25.8 Å². The second-order valence-electron chi connectivity index (χ2n) is 4.68. The van der Waals surface area contributed by atoms with Crippen molar-refractivity contribution in [3.8, 4) is 5.75 Å². The summed E-state index contributed by atoms with van der Waals surface area (Å²) in [5.74, 6) is -1.48. The minimum Gasteiger partial charge on any atom is -0.506 e. The van der Waals surface area contributed by atoms with Crippen molar-refractivity contribution in [2.45, 2.75) is 31.7 Å². The number of hydrogen-bond donors (Lipinski definition) is 2. The fourth-order valence-corrected chi connectivity index (χ4v) is 2.62. The molecule has 0 radical (unpaired) electrons. The number of rotatable bonds is 3. The molecule has 2 rings (SSSR count). The average molecular weight is 264 g/mol. The predicted molar refractivity (Wildman–Crippen MR) is 66.8 cm³/mol. The summed E-state index contributed by atoms with van der Waals surface area (Å²) in [6, 6.07) is 1.30. The standard InChI is InChI=1S/C13H16N2O4/c1-2-13(12(18)19)4-3-5-15(13)11(17)9-6-10(16)8-14-7-9/h6-8,16H,2-5H2,1H3,(H,18,19). The quantitative estimate of drug-likeness (QED) is 0.857. The summed E-state index contributed by atoms with van der Waals surface area (Å²) in [4.78, 5) is 29.0. The number of carboxylic acid groups (broad SMARTS) is 1. The Bertz CT molecular complexity index is 517. The fraction of sp³-hybridized carbons (Fsp3) is 0.462. The van der Waals surface area contributed by atoms with E-state index in [1.807, 2.05) is 0 Å². The van der Waals surface area contributed by atoms with Crippen molar-refractivity contribution in [1.29, 1.82) is 0 Å². The topological polar surface area (TPSA) is 90.7 Å². The number of carbonyl (C=O) groups is 2. The number of aliphatic carboxylic acids is 1. The lowest BCUT2D eigenvalue weighted by Crippen LogP contribution is -2.52. The van der Waals surface area contributed by atoms with E-state index in [1.54, 1.807) is 6.92 Å². The van der Waals surface area contributed by atoms with Gasteiger partial charge in [-0.2, -0.15) is 0 Å². The van der Waals surface area contributed by atoms with E-state index in [9.17, 15) is 19.8 Å². The van der Waals surface area contributed by atoms with Crippen LogP contribution in [-0.4, -0.2) is 44.1 Å². The van der Waals surface area contributed by atoms with Crippen molar-refractivity contribution < 1.29 is 19.8 Å². The molecule has 1 fully saturated rings. The van der Waals surface area contributed by atoms with Crippen LogP contribution in [0, 0.1) is 0 Å². The molecule has 102 valence electrons. The van der Waals surface area contributed by atoms with Gasteiger partial charge in [-0.05, 0) is 25.3 Å². The first-order valence-electron chi connectivity index (χ1n) is 6.20. The fourth-order valence-electron chi connectivity index (χ4n) is 2.62. The maximum atomic E-state index is 12.4. The van der Waals surface area contributed by atoms with Gasteiger partial charge < -0.3 is 15.1 Å². The summed E-state index contributed by atoms with van der Waals surface area (Å²) in [5, 5.41) is 18.8. The van der Waals surface area contributed by atoms with Crippen LogP contribution >= 0.6 is 0 Å². The number of pyridine rings is 1. The van der Waals surface area contributed by atoms with Gasteiger partial charge in [0.2, 0.25) is 0 Å². The van der Waals surface area contributed by atoms with Crippen LogP contribution in [0.1, 0.15) is 36.5 Å². The molecule has 1 atom stereocenters. The monoisotopic (exact) mass is 264 g/mol. The highest BCUT2D eigenvalue weighted by atomic mass is 16.4. The van der Waals surface area contributed by atoms with E-state index in [2.05, 4.69) is 4.98 Å². The third-order valence-corrected chi connectivity index (χ3v) is 3.69. The van der Waals surface area contributed by atoms with Crippen LogP contribution in [0.2, 0.25) is 0 Å². The van der Waals surface area contributed by atoms with E-state index >= 15 is 0 Å². The van der Waals surface area contributed by atoms with Crippen LogP contribution in [0.5, 0.6) is 5.75 Å². The summed E-state index contributed by atoms with van der Waals surface area (Å²) in [7, 11) is 0. The molecule has 1 aliphatic heterocycles. The Morgan fingerprint density at radius 1 is 1.47 bits per heavy atom. The van der Waals surface area contributed by atoms with Crippen molar-refractivity contribution in [2.24, 2.45) is 0 Å². The number of aromatic nitrogens is 1. The van der Waals surface area contributed by atoms with Crippen LogP contribution in [0.3, 0.4) is 0 Å². The number of hydrogen-bond acceptors (Lipinski definition) is 4. The van der Waals surface area contributed by atoms with Crippen molar-refractivity contribution in [2.75, 3.05) is 6.54 Å². The Hall–Kier alpha value is -2.11. The molecule has 1 aromatic rings. The molecular weight excluding hydrogens is 248 g/mol. The van der Waals surface area contributed by atoms with Gasteiger partial charge in [-0.1, -0.05) is 6.92 Å². The van der Waals surface area contributed by atoms with Gasteiger partial charge in [0.05, 0.1) is 11.8 Å². The third kappa shape index (κ3) is 2.14. The molecule has 19 heavy (non-hydrogen) atoms. The summed E-state index contributed by atoms with van der Waals surface area (Å²) in [5.41, 5.74) is -0.927. The molecule has 1 unspecified atom stereocenters. The molecule has 0 aliphatic carbocycles. The lowest BCUT2D eigenvalue weighted by molar-refractivity contribution is -0.148. The molecule has 2 N–H and O–H groups in total. The molecule has 2 heterocycles. The normalized spacial score (nSPS) is 22.5. The number of aromatic hydroxyl groups is 1. The zero-order chi connectivity index (χ0) is 14.0. The summed E-state index contributed by atoms with van der Waals surface area (Å²) >= 11 is 0. The SMILES string of the molecule is CCC1(C(=O)O)CCCN1C(=O)c1cncc(O)c1. The minimum absolute atomic E-state index is 0.109. The molecule has 0 aromatic carbocycles. The molecular formula is C13H16N2O4. The van der Waals surface area contributed by atoms with Gasteiger partial charge in [0.15, 0.2) is 0 Å². The maximum absolute atomic E-state index is 12.4. The van der Waals surface area contributed by atoms with Gasteiger partial charge >= 0.3 is 5.97 Å². The van der Waals surface area contributed by atoms with Crippen molar-refractivity contribution in [3.63, 3.8) is 0 Å². The number of amides is 1. The van der Waals surface area contributed by atoms with Gasteiger partial charge in [0, 0.05) is 12.7 Å². The van der Waals surface area contributed by atoms with E-state index < -0.39 is 17.4 Å². The molecule has 0 bridgehead atoms. The highest BCUT2D eigenvalue weighted by Crippen LogP contribution is 2.34. The summed E-state index contributed by atoms with van der Waals surface area (Å²) in [6.45, 7) is 2.18. The molecule has 6 nitrogen and oxygen atoms in total. The number of carbonyl (C=O) groups excluding carboxylic acids is 1. The predicted octanol–water partition coefficient (Wildman–Crippen LogP) is 1.26. The Balaban J connectivity index is 2.35. The number of likely N-dealkylation sites (tertiary alicyclic amines) is 1. The van der Waals surface area contributed by atoms with Gasteiger partial charge in [-0.3, -0.25) is 9.78 Å². The highest BCUT2D eigenvalue weighted by Gasteiger charge is 2.48. The van der Waals surface area contributed by atoms with E-state index in [4.69, 9.17) is 0 Å². The lowest BCUT2D eigenvalue weighted by atomic mass is 9.92. The summed E-state index contributed by atoms with van der Waals surface area (Å²) < 4.78 is 0. The van der Waals surface area contributed by atoms with Gasteiger partial charge in [0.1, 0.15) is 11.3 Å².